The molecule has 0 aromatic carbocycles. The Kier molecular flexibility index (Phi) is 5.03. The van der Waals surface area contributed by atoms with Gasteiger partial charge < -0.3 is 0 Å². The zero-order valence-corrected chi connectivity index (χ0v) is 13.3. The van der Waals surface area contributed by atoms with E-state index in [1.54, 1.807) is 11.3 Å². The first-order valence-corrected chi connectivity index (χ1v) is 7.62. The summed E-state index contributed by atoms with van der Waals surface area (Å²) in [5.41, 5.74) is 1.34. The summed E-state index contributed by atoms with van der Waals surface area (Å²) in [7, 11) is 0. The Labute approximate surface area is 115 Å². The molecule has 0 aliphatic carbocycles. The molecule has 0 saturated heterocycles. The van der Waals surface area contributed by atoms with Crippen molar-refractivity contribution >= 4 is 22.9 Å². The maximum Gasteiger partial charge on any atom is 0.0931 e. The molecule has 0 spiro atoms. The van der Waals surface area contributed by atoms with Gasteiger partial charge in [0.2, 0.25) is 0 Å². The number of thiazole rings is 1. The Morgan fingerprint density at radius 2 is 1.88 bits per heavy atom. The average molecular weight is 274 g/mol. The number of hydrogen-bond donors (Lipinski definition) is 0. The third kappa shape index (κ3) is 4.26. The molecule has 0 saturated carbocycles. The molecule has 3 heteroatoms. The van der Waals surface area contributed by atoms with Crippen LogP contribution in [0.5, 0.6) is 0 Å². The molecule has 0 N–H and O–H groups in total. The standard InChI is InChI=1S/C14H24ClNS/c1-9(2)11(10(3)15)7-13-16-12(8-17-13)14(4,5)6/h8-11H,7H2,1-6H3. The van der Waals surface area contributed by atoms with Crippen molar-refractivity contribution in [3.8, 4) is 0 Å². The largest absolute Gasteiger partial charge is 0.246 e. The molecule has 0 bridgehead atoms. The van der Waals surface area contributed by atoms with E-state index in [-0.39, 0.29) is 10.8 Å². The Morgan fingerprint density at radius 3 is 2.24 bits per heavy atom. The van der Waals surface area contributed by atoms with Gasteiger partial charge in [-0.1, -0.05) is 34.6 Å². The lowest BCUT2D eigenvalue weighted by Crippen LogP contribution is -2.21. The van der Waals surface area contributed by atoms with Gasteiger partial charge in [0, 0.05) is 22.6 Å². The van der Waals surface area contributed by atoms with Crippen molar-refractivity contribution in [3.05, 3.63) is 16.1 Å². The van der Waals surface area contributed by atoms with Gasteiger partial charge in [-0.15, -0.1) is 22.9 Å². The summed E-state index contributed by atoms with van der Waals surface area (Å²) in [5, 5.41) is 3.61. The summed E-state index contributed by atoms with van der Waals surface area (Å²) < 4.78 is 0. The van der Waals surface area contributed by atoms with Crippen molar-refractivity contribution < 1.29 is 0 Å². The lowest BCUT2D eigenvalue weighted by molar-refractivity contribution is 0.375. The van der Waals surface area contributed by atoms with Crippen LogP contribution in [-0.2, 0) is 11.8 Å². The van der Waals surface area contributed by atoms with Gasteiger partial charge in [-0.25, -0.2) is 4.98 Å². The average Bonchev–Trinajstić information content (AvgIpc) is 2.60. The SMILES string of the molecule is CC(C)C(Cc1nc(C(C)(C)C)cs1)C(C)Cl. The second kappa shape index (κ2) is 5.71. The van der Waals surface area contributed by atoms with Crippen molar-refractivity contribution in [2.75, 3.05) is 0 Å². The molecule has 0 aliphatic heterocycles. The highest BCUT2D eigenvalue weighted by Crippen LogP contribution is 2.29. The van der Waals surface area contributed by atoms with Crippen LogP contribution in [0.15, 0.2) is 5.38 Å². The van der Waals surface area contributed by atoms with E-state index >= 15 is 0 Å². The third-order valence-corrected chi connectivity index (χ3v) is 4.37. The van der Waals surface area contributed by atoms with Gasteiger partial charge in [0.05, 0.1) is 10.7 Å². The van der Waals surface area contributed by atoms with E-state index in [1.807, 2.05) is 0 Å². The number of halogens is 1. The topological polar surface area (TPSA) is 12.9 Å². The van der Waals surface area contributed by atoms with Crippen molar-refractivity contribution in [2.45, 2.75) is 58.8 Å². The molecule has 1 aromatic heterocycles. The van der Waals surface area contributed by atoms with Gasteiger partial charge >= 0.3 is 0 Å². The van der Waals surface area contributed by atoms with Gasteiger partial charge in [0.15, 0.2) is 0 Å². The van der Waals surface area contributed by atoms with Crippen LogP contribution in [0.4, 0.5) is 0 Å². The molecule has 1 heterocycles. The number of aromatic nitrogens is 1. The summed E-state index contributed by atoms with van der Waals surface area (Å²) in [4.78, 5) is 4.75. The maximum absolute atomic E-state index is 6.26. The Bertz CT molecular complexity index is 341. The lowest BCUT2D eigenvalue weighted by Gasteiger charge is -2.22. The number of hydrogen-bond acceptors (Lipinski definition) is 2. The minimum atomic E-state index is 0.147. The van der Waals surface area contributed by atoms with Crippen LogP contribution < -0.4 is 0 Å². The van der Waals surface area contributed by atoms with Crippen LogP contribution >= 0.6 is 22.9 Å². The van der Waals surface area contributed by atoms with E-state index in [0.29, 0.717) is 11.8 Å². The van der Waals surface area contributed by atoms with Crippen molar-refractivity contribution in [2.24, 2.45) is 11.8 Å². The highest BCUT2D eigenvalue weighted by molar-refractivity contribution is 7.09. The minimum Gasteiger partial charge on any atom is -0.246 e. The number of nitrogens with zero attached hydrogens (tertiary/aromatic N) is 1. The first-order chi connectivity index (χ1) is 7.71. The Balaban J connectivity index is 2.78. The monoisotopic (exact) mass is 273 g/mol. The molecule has 0 fully saturated rings. The smallest absolute Gasteiger partial charge is 0.0931 e. The molecule has 17 heavy (non-hydrogen) atoms. The van der Waals surface area contributed by atoms with Gasteiger partial charge in [0.1, 0.15) is 0 Å². The Hall–Kier alpha value is -0.0800. The molecule has 98 valence electrons. The van der Waals surface area contributed by atoms with Gasteiger partial charge in [-0.2, -0.15) is 0 Å². The number of alkyl halides is 1. The van der Waals surface area contributed by atoms with E-state index in [9.17, 15) is 0 Å². The predicted molar refractivity (Wildman–Crippen MR) is 78.2 cm³/mol. The third-order valence-electron chi connectivity index (χ3n) is 3.18. The van der Waals surface area contributed by atoms with E-state index in [4.69, 9.17) is 16.6 Å². The summed E-state index contributed by atoms with van der Waals surface area (Å²) >= 11 is 8.03. The molecule has 0 amide bonds. The second-order valence-electron chi connectivity index (χ2n) is 6.17. The van der Waals surface area contributed by atoms with Crippen molar-refractivity contribution in [1.29, 1.82) is 0 Å². The predicted octanol–water partition coefficient (Wildman–Crippen LogP) is 4.88. The highest BCUT2D eigenvalue weighted by atomic mass is 35.5. The zero-order valence-electron chi connectivity index (χ0n) is 11.7. The fraction of sp³-hybridized carbons (Fsp3) is 0.786. The first kappa shape index (κ1) is 15.0. The molecular formula is C14H24ClNS. The van der Waals surface area contributed by atoms with E-state index < -0.39 is 0 Å². The summed E-state index contributed by atoms with van der Waals surface area (Å²) in [6, 6.07) is 0. The quantitative estimate of drug-likeness (QED) is 0.713. The van der Waals surface area contributed by atoms with Crippen molar-refractivity contribution in [3.63, 3.8) is 0 Å². The molecule has 1 rings (SSSR count). The molecule has 2 atom stereocenters. The van der Waals surface area contributed by atoms with Gasteiger partial charge in [0.25, 0.3) is 0 Å². The van der Waals surface area contributed by atoms with Crippen LogP contribution in [0.2, 0.25) is 0 Å². The summed E-state index contributed by atoms with van der Waals surface area (Å²) in [6.45, 7) is 13.2. The number of rotatable bonds is 4. The molecule has 0 radical (unpaired) electrons. The fourth-order valence-electron chi connectivity index (χ4n) is 1.88. The fourth-order valence-corrected chi connectivity index (χ4v) is 3.35. The van der Waals surface area contributed by atoms with Crippen LogP contribution in [0.1, 0.15) is 52.2 Å². The van der Waals surface area contributed by atoms with Gasteiger partial charge in [-0.3, -0.25) is 0 Å². The van der Waals surface area contributed by atoms with Crippen LogP contribution in [0.25, 0.3) is 0 Å². The lowest BCUT2D eigenvalue weighted by atomic mass is 9.90. The molecule has 0 aliphatic rings. The summed E-state index contributed by atoms with van der Waals surface area (Å²) in [5.74, 6) is 1.11. The molecular weight excluding hydrogens is 250 g/mol. The first-order valence-electron chi connectivity index (χ1n) is 6.30. The van der Waals surface area contributed by atoms with Crippen LogP contribution in [-0.4, -0.2) is 10.4 Å². The van der Waals surface area contributed by atoms with Gasteiger partial charge in [-0.05, 0) is 18.8 Å². The molecule has 2 unspecified atom stereocenters. The van der Waals surface area contributed by atoms with Crippen molar-refractivity contribution in [1.82, 2.24) is 4.98 Å². The highest BCUT2D eigenvalue weighted by Gasteiger charge is 2.23. The second-order valence-corrected chi connectivity index (χ2v) is 7.80. The maximum atomic E-state index is 6.26. The zero-order chi connectivity index (χ0) is 13.2. The normalized spacial score (nSPS) is 16.2. The Morgan fingerprint density at radius 1 is 1.29 bits per heavy atom. The molecule has 1 aromatic rings. The van der Waals surface area contributed by atoms with Crippen LogP contribution in [0, 0.1) is 11.8 Å². The molecule has 1 nitrogen and oxygen atoms in total. The summed E-state index contributed by atoms with van der Waals surface area (Å²) in [6.07, 6.45) is 1.00. The van der Waals surface area contributed by atoms with E-state index in [0.717, 1.165) is 6.42 Å². The minimum absolute atomic E-state index is 0.147. The van der Waals surface area contributed by atoms with E-state index in [2.05, 4.69) is 46.9 Å². The van der Waals surface area contributed by atoms with Crippen LogP contribution in [0.3, 0.4) is 0 Å². The van der Waals surface area contributed by atoms with E-state index in [1.165, 1.54) is 10.7 Å².